The van der Waals surface area contributed by atoms with Crippen LogP contribution in [-0.4, -0.2) is 34.0 Å². The molecule has 108 valence electrons. The Morgan fingerprint density at radius 1 is 1.19 bits per heavy atom. The van der Waals surface area contributed by atoms with Crippen LogP contribution in [0.4, 0.5) is 5.69 Å². The second-order valence-corrected chi connectivity index (χ2v) is 6.53. The molecule has 0 fully saturated rings. The van der Waals surface area contributed by atoms with Crippen LogP contribution < -0.4 is 9.30 Å². The van der Waals surface area contributed by atoms with E-state index in [1.54, 1.807) is 18.0 Å². The molecule has 21 heavy (non-hydrogen) atoms. The summed E-state index contributed by atoms with van der Waals surface area (Å²) in [6.07, 6.45) is 0. The van der Waals surface area contributed by atoms with Gasteiger partial charge in [-0.05, 0) is 0 Å². The number of hydrogen-bond acceptors (Lipinski definition) is 4. The van der Waals surface area contributed by atoms with Gasteiger partial charge in [-0.1, -0.05) is 0 Å². The number of hydrogen-bond donors (Lipinski definition) is 1. The van der Waals surface area contributed by atoms with E-state index in [4.69, 9.17) is 5.26 Å². The van der Waals surface area contributed by atoms with Crippen LogP contribution in [0, 0.1) is 6.92 Å². The first kappa shape index (κ1) is 15.7. The quantitative estimate of drug-likeness (QED) is 0.511. The predicted octanol–water partition coefficient (Wildman–Crippen LogP) is 1.94. The van der Waals surface area contributed by atoms with E-state index in [0.29, 0.717) is 5.56 Å². The van der Waals surface area contributed by atoms with Crippen LogP contribution in [0.25, 0.3) is 0 Å². The summed E-state index contributed by atoms with van der Waals surface area (Å²) in [5.74, 6) is -0.0580. The summed E-state index contributed by atoms with van der Waals surface area (Å²) in [7, 11) is 1.74. The molecule has 2 aromatic rings. The van der Waals surface area contributed by atoms with Crippen molar-refractivity contribution in [3.8, 4) is 0 Å². The van der Waals surface area contributed by atoms with Gasteiger partial charge in [0.1, 0.15) is 0 Å². The van der Waals surface area contributed by atoms with Crippen LogP contribution >= 0.6 is 0 Å². The van der Waals surface area contributed by atoms with Crippen LogP contribution in [0.15, 0.2) is 48.5 Å². The van der Waals surface area contributed by atoms with E-state index in [0.717, 1.165) is 15.6 Å². The van der Waals surface area contributed by atoms with E-state index in [2.05, 4.69) is 8.95 Å². The van der Waals surface area contributed by atoms with Crippen LogP contribution in [-0.2, 0) is 8.95 Å². The average molecular weight is 346 g/mol. The zero-order valence-corrected chi connectivity index (χ0v) is 13.8. The molecule has 2 aromatic carbocycles. The monoisotopic (exact) mass is 347 g/mol. The molecule has 0 bridgehead atoms. The van der Waals surface area contributed by atoms with Crippen molar-refractivity contribution in [2.24, 2.45) is 0 Å². The van der Waals surface area contributed by atoms with Crippen molar-refractivity contribution >= 4 is 31.8 Å². The number of anilines is 1. The molecule has 0 saturated carbocycles. The molecule has 0 atom stereocenters. The molecule has 0 spiro atoms. The van der Waals surface area contributed by atoms with Crippen LogP contribution in [0.1, 0.15) is 15.9 Å². The third kappa shape index (κ3) is 4.15. The molecule has 6 heteroatoms. The van der Waals surface area contributed by atoms with Gasteiger partial charge in [0.2, 0.25) is 0 Å². The van der Waals surface area contributed by atoms with Crippen molar-refractivity contribution in [3.63, 3.8) is 0 Å². The molecule has 0 saturated heterocycles. The van der Waals surface area contributed by atoms with E-state index < -0.39 is 15.8 Å². The second-order valence-electron chi connectivity index (χ2n) is 4.54. The van der Waals surface area contributed by atoms with Gasteiger partial charge in [-0.2, -0.15) is 0 Å². The van der Waals surface area contributed by atoms with Gasteiger partial charge in [0, 0.05) is 0 Å². The number of rotatable bonds is 5. The first-order chi connectivity index (χ1) is 10.1. The maximum atomic E-state index is 12.4. The fraction of sp³-hybridized carbons (Fsp3) is 0.133. The summed E-state index contributed by atoms with van der Waals surface area (Å²) in [5, 5.41) is 11.8. The number of carbonyl (C=O) groups is 1. The van der Waals surface area contributed by atoms with Crippen molar-refractivity contribution in [3.05, 3.63) is 59.7 Å². The third-order valence-corrected chi connectivity index (χ3v) is 4.55. The minimum atomic E-state index is -0.980. The molecule has 0 unspecified atom stereocenters. The van der Waals surface area contributed by atoms with E-state index in [-0.39, 0.29) is 5.91 Å². The number of benzene rings is 2. The first-order valence-corrected chi connectivity index (χ1v) is 8.20. The Morgan fingerprint density at radius 2 is 1.90 bits per heavy atom. The SMILES string of the molecule is Cc1cccc(C(=O)N(C)c2cc[c]([Ge][O]OO)cc2)c1. The second kappa shape index (κ2) is 7.37. The van der Waals surface area contributed by atoms with Crippen LogP contribution in [0.3, 0.4) is 0 Å². The predicted molar refractivity (Wildman–Crippen MR) is 80.5 cm³/mol. The van der Waals surface area contributed by atoms with Crippen molar-refractivity contribution in [1.82, 2.24) is 0 Å². The molecule has 1 amide bonds. The standard InChI is InChI=1S/C15H15GeNO4/c1-11-4-3-5-12(10-11)15(18)17(2)14-8-6-13(7-9-14)16-20-21-19/h3-10,19H,1-2H3. The molecular weight excluding hydrogens is 331 g/mol. The van der Waals surface area contributed by atoms with Gasteiger partial charge >= 0.3 is 129 Å². The maximum absolute atomic E-state index is 12.4. The Balaban J connectivity index is 2.12. The van der Waals surface area contributed by atoms with E-state index in [1.807, 2.05) is 49.4 Å². The summed E-state index contributed by atoms with van der Waals surface area (Å²) < 4.78 is 5.50. The fourth-order valence-electron chi connectivity index (χ4n) is 1.91. The van der Waals surface area contributed by atoms with Gasteiger partial charge in [-0.15, -0.1) is 0 Å². The molecule has 0 aliphatic carbocycles. The summed E-state index contributed by atoms with van der Waals surface area (Å²) in [6, 6.07) is 14.9. The summed E-state index contributed by atoms with van der Waals surface area (Å²) in [5.41, 5.74) is 2.50. The Labute approximate surface area is 129 Å². The average Bonchev–Trinajstić information content (AvgIpc) is 2.52. The molecule has 0 aliphatic rings. The number of carbonyl (C=O) groups excluding carboxylic acids is 1. The zero-order chi connectivity index (χ0) is 15.2. The molecule has 5 nitrogen and oxygen atoms in total. The third-order valence-electron chi connectivity index (χ3n) is 3.02. The summed E-state index contributed by atoms with van der Waals surface area (Å²) in [6.45, 7) is 1.96. The minimum absolute atomic E-state index is 0.0580. The molecule has 0 aromatic heterocycles. The molecule has 2 radical (unpaired) electrons. The number of amides is 1. The van der Waals surface area contributed by atoms with Gasteiger partial charge in [0.25, 0.3) is 0 Å². The Kier molecular flexibility index (Phi) is 5.52. The van der Waals surface area contributed by atoms with Crippen LogP contribution in [0.5, 0.6) is 0 Å². The Bertz CT molecular complexity index is 615. The van der Waals surface area contributed by atoms with Gasteiger partial charge < -0.3 is 0 Å². The first-order valence-electron chi connectivity index (χ1n) is 6.29. The Hall–Kier alpha value is -1.67. The van der Waals surface area contributed by atoms with Gasteiger partial charge in [-0.3, -0.25) is 0 Å². The molecule has 0 heterocycles. The zero-order valence-electron chi connectivity index (χ0n) is 11.7. The number of nitrogens with zero attached hydrogens (tertiary/aromatic N) is 1. The topological polar surface area (TPSA) is 59.0 Å². The summed E-state index contributed by atoms with van der Waals surface area (Å²) >= 11 is -0.980. The molecule has 1 N–H and O–H groups in total. The van der Waals surface area contributed by atoms with Crippen molar-refractivity contribution in [2.45, 2.75) is 6.92 Å². The van der Waals surface area contributed by atoms with Gasteiger partial charge in [0.05, 0.1) is 0 Å². The van der Waals surface area contributed by atoms with Gasteiger partial charge in [-0.25, -0.2) is 0 Å². The van der Waals surface area contributed by atoms with E-state index in [1.165, 1.54) is 0 Å². The fourth-order valence-corrected chi connectivity index (χ4v) is 2.82. The van der Waals surface area contributed by atoms with Gasteiger partial charge in [0.15, 0.2) is 0 Å². The van der Waals surface area contributed by atoms with Crippen LogP contribution in [0.2, 0.25) is 0 Å². The van der Waals surface area contributed by atoms with Crippen molar-refractivity contribution in [1.29, 1.82) is 0 Å². The van der Waals surface area contributed by atoms with E-state index >= 15 is 0 Å². The van der Waals surface area contributed by atoms with Crippen molar-refractivity contribution < 1.29 is 19.0 Å². The summed E-state index contributed by atoms with van der Waals surface area (Å²) in [4.78, 5) is 14.0. The van der Waals surface area contributed by atoms with Crippen molar-refractivity contribution in [2.75, 3.05) is 11.9 Å². The Morgan fingerprint density at radius 3 is 2.52 bits per heavy atom. The molecule has 2 rings (SSSR count). The number of aryl methyl sites for hydroxylation is 1. The molecular formula is C15H15GeNO4. The normalized spacial score (nSPS) is 10.4. The van der Waals surface area contributed by atoms with E-state index in [9.17, 15) is 4.79 Å². The molecule has 0 aliphatic heterocycles.